The minimum atomic E-state index is -3.07. The van der Waals surface area contributed by atoms with Crippen LogP contribution >= 0.6 is 0 Å². The number of alkyl halides is 4. The number of halogens is 4. The number of pyridine rings is 1. The maximum atomic E-state index is 14.0. The van der Waals surface area contributed by atoms with Crippen LogP contribution in [-0.2, 0) is 4.74 Å². The fraction of sp³-hybridized carbons (Fsp3) is 0.609. The Morgan fingerprint density at radius 3 is 2.67 bits per heavy atom. The lowest BCUT2D eigenvalue weighted by Crippen LogP contribution is -2.45. The number of aromatic nitrogens is 3. The van der Waals surface area contributed by atoms with Crippen LogP contribution in [0.5, 0.6) is 5.75 Å². The van der Waals surface area contributed by atoms with Crippen LogP contribution < -0.4 is 20.3 Å². The SMILES string of the molecule is Nc1ncc(-c2cc(N3CCC(N4C[C@@H]5C[C@H]4CO5)C3)nc(N3CCC(F)(F)C3)n2)cc1OC(F)F. The second-order valence-electron chi connectivity index (χ2n) is 9.85. The van der Waals surface area contributed by atoms with Gasteiger partial charge in [-0.25, -0.2) is 18.7 Å². The molecule has 1 unspecified atom stereocenters. The van der Waals surface area contributed by atoms with Gasteiger partial charge in [0.25, 0.3) is 5.92 Å². The number of nitrogens with zero attached hydrogens (tertiary/aromatic N) is 6. The van der Waals surface area contributed by atoms with Crippen LogP contribution in [0.1, 0.15) is 19.3 Å². The zero-order chi connectivity index (χ0) is 25.0. The van der Waals surface area contributed by atoms with Crippen molar-refractivity contribution in [1.29, 1.82) is 0 Å². The highest BCUT2D eigenvalue weighted by atomic mass is 19.3. The maximum Gasteiger partial charge on any atom is 0.387 e. The molecule has 2 aromatic rings. The summed E-state index contributed by atoms with van der Waals surface area (Å²) < 4.78 is 63.9. The number of ether oxygens (including phenoxy) is 2. The van der Waals surface area contributed by atoms with Crippen LogP contribution in [0.3, 0.4) is 0 Å². The lowest BCUT2D eigenvalue weighted by atomic mass is 10.2. The van der Waals surface area contributed by atoms with E-state index in [0.29, 0.717) is 35.3 Å². The maximum absolute atomic E-state index is 14.0. The van der Waals surface area contributed by atoms with E-state index in [2.05, 4.69) is 29.5 Å². The molecule has 0 aliphatic carbocycles. The summed E-state index contributed by atoms with van der Waals surface area (Å²) in [7, 11) is 0. The second kappa shape index (κ2) is 8.87. The van der Waals surface area contributed by atoms with Crippen molar-refractivity contribution in [3.63, 3.8) is 0 Å². The molecule has 4 fully saturated rings. The van der Waals surface area contributed by atoms with Crippen LogP contribution in [0.2, 0.25) is 0 Å². The van der Waals surface area contributed by atoms with E-state index in [4.69, 9.17) is 10.5 Å². The highest BCUT2D eigenvalue weighted by Gasteiger charge is 2.44. The number of morpholine rings is 1. The number of fused-ring (bicyclic) bond motifs is 2. The topological polar surface area (TPSA) is 92.9 Å². The molecule has 13 heteroatoms. The minimum absolute atomic E-state index is 0.120. The van der Waals surface area contributed by atoms with Gasteiger partial charge in [0, 0.05) is 62.5 Å². The monoisotopic (exact) mass is 509 g/mol. The van der Waals surface area contributed by atoms with Crippen LogP contribution in [0.4, 0.5) is 35.1 Å². The lowest BCUT2D eigenvalue weighted by molar-refractivity contribution is -0.0494. The molecule has 4 aliphatic heterocycles. The van der Waals surface area contributed by atoms with Gasteiger partial charge in [-0.15, -0.1) is 0 Å². The zero-order valence-electron chi connectivity index (χ0n) is 19.5. The van der Waals surface area contributed by atoms with Gasteiger partial charge in [0.05, 0.1) is 24.9 Å². The Labute approximate surface area is 205 Å². The molecule has 194 valence electrons. The van der Waals surface area contributed by atoms with Crippen molar-refractivity contribution in [2.24, 2.45) is 0 Å². The predicted molar refractivity (Wildman–Crippen MR) is 124 cm³/mol. The third-order valence-corrected chi connectivity index (χ3v) is 7.45. The third-order valence-electron chi connectivity index (χ3n) is 7.45. The van der Waals surface area contributed by atoms with Gasteiger partial charge in [0.15, 0.2) is 11.6 Å². The van der Waals surface area contributed by atoms with Crippen molar-refractivity contribution in [3.8, 4) is 17.0 Å². The Kier molecular flexibility index (Phi) is 5.78. The molecule has 2 bridgehead atoms. The van der Waals surface area contributed by atoms with E-state index in [-0.39, 0.29) is 30.5 Å². The normalized spacial score (nSPS) is 27.5. The van der Waals surface area contributed by atoms with Crippen molar-refractivity contribution < 1.29 is 27.0 Å². The molecule has 6 rings (SSSR count). The van der Waals surface area contributed by atoms with Crippen molar-refractivity contribution in [3.05, 3.63) is 18.3 Å². The highest BCUT2D eigenvalue weighted by Crippen LogP contribution is 2.36. The number of rotatable bonds is 6. The third kappa shape index (κ3) is 4.49. The van der Waals surface area contributed by atoms with E-state index in [1.807, 2.05) is 0 Å². The first-order chi connectivity index (χ1) is 17.2. The summed E-state index contributed by atoms with van der Waals surface area (Å²) in [6.45, 7) is -0.236. The molecule has 6 heterocycles. The van der Waals surface area contributed by atoms with Gasteiger partial charge in [-0.3, -0.25) is 4.90 Å². The first-order valence-electron chi connectivity index (χ1n) is 12.1. The Balaban J connectivity index is 1.31. The summed E-state index contributed by atoms with van der Waals surface area (Å²) in [4.78, 5) is 19.2. The summed E-state index contributed by atoms with van der Waals surface area (Å²) in [5, 5.41) is 0. The number of hydrogen-bond acceptors (Lipinski definition) is 9. The number of nitrogen functional groups attached to an aromatic ring is 1. The molecule has 4 saturated heterocycles. The van der Waals surface area contributed by atoms with Crippen molar-refractivity contribution in [2.45, 2.75) is 50.0 Å². The van der Waals surface area contributed by atoms with E-state index < -0.39 is 19.1 Å². The largest absolute Gasteiger partial charge is 0.431 e. The highest BCUT2D eigenvalue weighted by molar-refractivity contribution is 5.68. The van der Waals surface area contributed by atoms with E-state index >= 15 is 0 Å². The Bertz CT molecular complexity index is 1140. The lowest BCUT2D eigenvalue weighted by Gasteiger charge is -2.32. The second-order valence-corrected chi connectivity index (χ2v) is 9.85. The van der Waals surface area contributed by atoms with Gasteiger partial charge >= 0.3 is 6.61 Å². The average Bonchev–Trinajstić information content (AvgIpc) is 3.64. The standard InChI is InChI=1S/C23H27F4N7O2/c24-21(25)36-18-5-13(8-29-20(18)28)17-7-19(31-22(30-17)33-4-2-23(26,27)12-33)32-3-1-14(9-32)34-10-16-6-15(34)11-35-16/h5,7-8,14-16,21H,1-4,6,9-12H2,(H2,28,29)/t14?,15-,16-/m0/s1. The number of likely N-dealkylation sites (tertiary alicyclic amines) is 1. The summed E-state index contributed by atoms with van der Waals surface area (Å²) >= 11 is 0. The van der Waals surface area contributed by atoms with Gasteiger partial charge in [-0.2, -0.15) is 13.8 Å². The average molecular weight is 510 g/mol. The molecule has 2 N–H and O–H groups in total. The van der Waals surface area contributed by atoms with Gasteiger partial charge in [0.1, 0.15) is 5.82 Å². The van der Waals surface area contributed by atoms with Gasteiger partial charge in [-0.05, 0) is 18.9 Å². The predicted octanol–water partition coefficient (Wildman–Crippen LogP) is 2.62. The zero-order valence-corrected chi connectivity index (χ0v) is 19.5. The molecule has 3 atom stereocenters. The summed E-state index contributed by atoms with van der Waals surface area (Å²) in [6, 6.07) is 3.86. The number of nitrogens with two attached hydrogens (primary N) is 1. The molecule has 36 heavy (non-hydrogen) atoms. The molecule has 0 saturated carbocycles. The van der Waals surface area contributed by atoms with E-state index in [0.717, 1.165) is 39.1 Å². The van der Waals surface area contributed by atoms with Crippen LogP contribution in [-0.4, -0.2) is 89.9 Å². The molecule has 0 spiro atoms. The molecule has 4 aliphatic rings. The first kappa shape index (κ1) is 23.5. The molecular weight excluding hydrogens is 482 g/mol. The smallest absolute Gasteiger partial charge is 0.387 e. The van der Waals surface area contributed by atoms with E-state index in [9.17, 15) is 17.6 Å². The Morgan fingerprint density at radius 1 is 1.11 bits per heavy atom. The van der Waals surface area contributed by atoms with Crippen molar-refractivity contribution in [1.82, 2.24) is 19.9 Å². The summed E-state index contributed by atoms with van der Waals surface area (Å²) in [6.07, 6.45) is 3.44. The molecule has 0 aromatic carbocycles. The Hall–Kier alpha value is -2.93. The van der Waals surface area contributed by atoms with Crippen molar-refractivity contribution >= 4 is 17.6 Å². The number of hydrogen-bond donors (Lipinski definition) is 1. The quantitative estimate of drug-likeness (QED) is 0.590. The molecule has 2 aromatic heterocycles. The molecule has 0 radical (unpaired) electrons. The molecule has 9 nitrogen and oxygen atoms in total. The fourth-order valence-electron chi connectivity index (χ4n) is 5.66. The molecular formula is C23H27F4N7O2. The van der Waals surface area contributed by atoms with Crippen LogP contribution in [0.15, 0.2) is 18.3 Å². The molecule has 0 amide bonds. The van der Waals surface area contributed by atoms with Crippen LogP contribution in [0, 0.1) is 0 Å². The van der Waals surface area contributed by atoms with Gasteiger partial charge in [-0.1, -0.05) is 0 Å². The Morgan fingerprint density at radius 2 is 1.97 bits per heavy atom. The first-order valence-corrected chi connectivity index (χ1v) is 12.1. The van der Waals surface area contributed by atoms with E-state index in [1.165, 1.54) is 17.2 Å². The number of anilines is 3. The summed E-state index contributed by atoms with van der Waals surface area (Å²) in [5.41, 5.74) is 6.43. The fourth-order valence-corrected chi connectivity index (χ4v) is 5.66. The van der Waals surface area contributed by atoms with Gasteiger partial charge < -0.3 is 25.0 Å². The van der Waals surface area contributed by atoms with Crippen molar-refractivity contribution in [2.75, 3.05) is 54.9 Å². The van der Waals surface area contributed by atoms with Crippen LogP contribution in [0.25, 0.3) is 11.3 Å². The van der Waals surface area contributed by atoms with E-state index in [1.54, 1.807) is 6.07 Å². The minimum Gasteiger partial charge on any atom is -0.431 e. The van der Waals surface area contributed by atoms with Gasteiger partial charge in [0.2, 0.25) is 5.95 Å². The summed E-state index contributed by atoms with van der Waals surface area (Å²) in [5.74, 6) is -2.51.